The summed E-state index contributed by atoms with van der Waals surface area (Å²) in [6, 6.07) is 0. The molecule has 0 N–H and O–H groups in total. The number of rotatable bonds is 9. The third-order valence-electron chi connectivity index (χ3n) is 5.51. The van der Waals surface area contributed by atoms with E-state index in [4.69, 9.17) is 14.2 Å². The van der Waals surface area contributed by atoms with Gasteiger partial charge in [0.15, 0.2) is 0 Å². The fourth-order valence-corrected chi connectivity index (χ4v) is 3.74. The molecule has 2 aliphatic carbocycles. The number of ether oxygens (including phenoxy) is 3. The molecule has 0 bridgehead atoms. The van der Waals surface area contributed by atoms with E-state index in [1.165, 1.54) is 25.7 Å². The van der Waals surface area contributed by atoms with Crippen LogP contribution in [0.5, 0.6) is 0 Å². The van der Waals surface area contributed by atoms with Crippen molar-refractivity contribution in [1.82, 2.24) is 4.90 Å². The molecule has 4 heteroatoms. The van der Waals surface area contributed by atoms with Crippen molar-refractivity contribution < 1.29 is 14.2 Å². The van der Waals surface area contributed by atoms with Gasteiger partial charge < -0.3 is 19.1 Å². The molecule has 0 amide bonds. The average Bonchev–Trinajstić information content (AvgIpc) is 2.34. The van der Waals surface area contributed by atoms with Crippen LogP contribution >= 0.6 is 0 Å². The first-order valence-electron chi connectivity index (χ1n) is 8.67. The van der Waals surface area contributed by atoms with Crippen LogP contribution in [-0.4, -0.2) is 63.7 Å². The third-order valence-corrected chi connectivity index (χ3v) is 5.51. The molecule has 3 rings (SSSR count). The molecule has 1 heterocycles. The lowest BCUT2D eigenvalue weighted by molar-refractivity contribution is -0.0918. The van der Waals surface area contributed by atoms with E-state index in [9.17, 15) is 0 Å². The molecular weight excluding hydrogens is 266 g/mol. The second kappa shape index (κ2) is 7.40. The van der Waals surface area contributed by atoms with E-state index in [-0.39, 0.29) is 0 Å². The minimum Gasteiger partial charge on any atom is -0.381 e. The summed E-state index contributed by atoms with van der Waals surface area (Å²) >= 11 is 0. The van der Waals surface area contributed by atoms with E-state index < -0.39 is 0 Å². The first kappa shape index (κ1) is 15.7. The summed E-state index contributed by atoms with van der Waals surface area (Å²) in [4.78, 5) is 2.31. The highest BCUT2D eigenvalue weighted by Gasteiger charge is 2.32. The van der Waals surface area contributed by atoms with Crippen LogP contribution < -0.4 is 0 Å². The van der Waals surface area contributed by atoms with Crippen LogP contribution in [0.1, 0.15) is 38.5 Å². The van der Waals surface area contributed by atoms with Gasteiger partial charge in [0.2, 0.25) is 0 Å². The van der Waals surface area contributed by atoms with Crippen molar-refractivity contribution >= 4 is 0 Å². The van der Waals surface area contributed by atoms with Crippen molar-refractivity contribution in [3.63, 3.8) is 0 Å². The zero-order chi connectivity index (χ0) is 14.7. The Hall–Kier alpha value is -0.160. The van der Waals surface area contributed by atoms with Crippen molar-refractivity contribution in [2.45, 2.75) is 56.8 Å². The molecule has 4 nitrogen and oxygen atoms in total. The Bertz CT molecular complexity index is 307. The first-order chi connectivity index (χ1) is 10.2. The predicted octanol–water partition coefficient (Wildman–Crippen LogP) is 2.32. The Balaban J connectivity index is 1.12. The maximum atomic E-state index is 5.89. The smallest absolute Gasteiger partial charge is 0.0828 e. The van der Waals surface area contributed by atoms with Gasteiger partial charge in [-0.25, -0.2) is 0 Å². The van der Waals surface area contributed by atoms with Gasteiger partial charge in [-0.15, -0.1) is 0 Å². The van der Waals surface area contributed by atoms with Crippen LogP contribution in [0.4, 0.5) is 0 Å². The quantitative estimate of drug-likeness (QED) is 0.653. The monoisotopic (exact) mass is 297 g/mol. The van der Waals surface area contributed by atoms with Gasteiger partial charge in [0.1, 0.15) is 0 Å². The number of hydrogen-bond acceptors (Lipinski definition) is 4. The summed E-state index contributed by atoms with van der Waals surface area (Å²) in [5, 5.41) is 0. The largest absolute Gasteiger partial charge is 0.381 e. The van der Waals surface area contributed by atoms with Crippen LogP contribution in [0.25, 0.3) is 0 Å². The van der Waals surface area contributed by atoms with Gasteiger partial charge >= 0.3 is 0 Å². The highest BCUT2D eigenvalue weighted by Crippen LogP contribution is 2.38. The fourth-order valence-electron chi connectivity index (χ4n) is 3.74. The van der Waals surface area contributed by atoms with Gasteiger partial charge in [-0.05, 0) is 57.4 Å². The highest BCUT2D eigenvalue weighted by molar-refractivity contribution is 4.83. The summed E-state index contributed by atoms with van der Waals surface area (Å²) in [5.74, 6) is 1.82. The van der Waals surface area contributed by atoms with E-state index in [0.717, 1.165) is 51.0 Å². The van der Waals surface area contributed by atoms with E-state index in [1.54, 1.807) is 7.11 Å². The normalized spacial score (nSPS) is 36.9. The number of hydrogen-bond donors (Lipinski definition) is 0. The minimum atomic E-state index is 0.457. The molecule has 3 fully saturated rings. The number of likely N-dealkylation sites (N-methyl/N-ethyl adjacent to an activating group) is 1. The molecule has 1 saturated heterocycles. The SMILES string of the molecule is COC1CC(OCCC2CC(CCOC3CN(C)C3)C2)C1. The van der Waals surface area contributed by atoms with Gasteiger partial charge in [-0.3, -0.25) is 0 Å². The molecule has 0 spiro atoms. The summed E-state index contributed by atoms with van der Waals surface area (Å²) in [7, 11) is 3.94. The molecule has 0 aromatic rings. The van der Waals surface area contributed by atoms with Crippen molar-refractivity contribution in [3.05, 3.63) is 0 Å². The molecule has 1 aliphatic heterocycles. The lowest BCUT2D eigenvalue weighted by Gasteiger charge is -2.39. The molecule has 21 heavy (non-hydrogen) atoms. The van der Waals surface area contributed by atoms with Gasteiger partial charge in [0, 0.05) is 33.4 Å². The van der Waals surface area contributed by atoms with E-state index in [1.807, 2.05) is 0 Å². The fraction of sp³-hybridized carbons (Fsp3) is 1.00. The maximum absolute atomic E-state index is 5.89. The first-order valence-corrected chi connectivity index (χ1v) is 8.67. The van der Waals surface area contributed by atoms with Crippen LogP contribution in [0.3, 0.4) is 0 Å². The Morgan fingerprint density at radius 1 is 0.810 bits per heavy atom. The van der Waals surface area contributed by atoms with Crippen LogP contribution in [0.2, 0.25) is 0 Å². The van der Waals surface area contributed by atoms with E-state index in [0.29, 0.717) is 18.3 Å². The zero-order valence-corrected chi connectivity index (χ0v) is 13.6. The zero-order valence-electron chi connectivity index (χ0n) is 13.6. The highest BCUT2D eigenvalue weighted by atomic mass is 16.5. The molecule has 122 valence electrons. The molecule has 0 unspecified atom stereocenters. The van der Waals surface area contributed by atoms with Gasteiger partial charge in [0.05, 0.1) is 18.3 Å². The molecule has 2 saturated carbocycles. The van der Waals surface area contributed by atoms with Crippen LogP contribution in [0.15, 0.2) is 0 Å². The minimum absolute atomic E-state index is 0.457. The molecule has 0 aromatic carbocycles. The standard InChI is InChI=1S/C17H31NO3/c1-18-11-17(12-18)21-6-4-14-7-13(8-14)3-5-20-16-9-15(10-16)19-2/h13-17H,3-12H2,1-2H3. The van der Waals surface area contributed by atoms with Gasteiger partial charge in [-0.1, -0.05) is 0 Å². The number of nitrogens with zero attached hydrogens (tertiary/aromatic N) is 1. The second-order valence-electron chi connectivity index (χ2n) is 7.32. The van der Waals surface area contributed by atoms with Crippen molar-refractivity contribution in [2.75, 3.05) is 40.5 Å². The van der Waals surface area contributed by atoms with E-state index in [2.05, 4.69) is 11.9 Å². The Morgan fingerprint density at radius 3 is 1.90 bits per heavy atom. The van der Waals surface area contributed by atoms with Crippen molar-refractivity contribution in [2.24, 2.45) is 11.8 Å². The number of likely N-dealkylation sites (tertiary alicyclic amines) is 1. The predicted molar refractivity (Wildman–Crippen MR) is 82.5 cm³/mol. The summed E-state index contributed by atoms with van der Waals surface area (Å²) in [5.41, 5.74) is 0. The Kier molecular flexibility index (Phi) is 5.54. The van der Waals surface area contributed by atoms with Crippen LogP contribution in [-0.2, 0) is 14.2 Å². The topological polar surface area (TPSA) is 30.9 Å². The summed E-state index contributed by atoms with van der Waals surface area (Å²) < 4.78 is 17.0. The maximum Gasteiger partial charge on any atom is 0.0828 e. The summed E-state index contributed by atoms with van der Waals surface area (Å²) in [6.45, 7) is 4.15. The number of methoxy groups -OCH3 is 1. The Morgan fingerprint density at radius 2 is 1.38 bits per heavy atom. The molecular formula is C17H31NO3. The molecule has 0 radical (unpaired) electrons. The Labute approximate surface area is 129 Å². The van der Waals surface area contributed by atoms with E-state index >= 15 is 0 Å². The third kappa shape index (κ3) is 4.41. The van der Waals surface area contributed by atoms with Crippen molar-refractivity contribution in [1.29, 1.82) is 0 Å². The molecule has 0 aromatic heterocycles. The molecule has 0 atom stereocenters. The average molecular weight is 297 g/mol. The second-order valence-corrected chi connectivity index (χ2v) is 7.32. The summed E-state index contributed by atoms with van der Waals surface area (Å²) in [6.07, 6.45) is 8.92. The lowest BCUT2D eigenvalue weighted by Crippen LogP contribution is -2.49. The lowest BCUT2D eigenvalue weighted by atomic mass is 9.72. The van der Waals surface area contributed by atoms with Gasteiger partial charge in [0.25, 0.3) is 0 Å². The van der Waals surface area contributed by atoms with Crippen LogP contribution in [0, 0.1) is 11.8 Å². The van der Waals surface area contributed by atoms with Gasteiger partial charge in [-0.2, -0.15) is 0 Å². The van der Waals surface area contributed by atoms with Crippen molar-refractivity contribution in [3.8, 4) is 0 Å². The molecule has 3 aliphatic rings.